The molecule has 3 heterocycles. The number of nitrogens with zero attached hydrogens (tertiary/aromatic N) is 3. The molecule has 7 heteroatoms. The van der Waals surface area contributed by atoms with Gasteiger partial charge in [-0.25, -0.2) is 4.68 Å². The summed E-state index contributed by atoms with van der Waals surface area (Å²) >= 11 is 12.6. The van der Waals surface area contributed by atoms with Crippen molar-refractivity contribution in [2.24, 2.45) is 0 Å². The number of halogens is 2. The lowest BCUT2D eigenvalue weighted by Crippen LogP contribution is -2.51. The molecule has 2 bridgehead atoms. The number of nitrogens with one attached hydrogen (secondary N) is 1. The summed E-state index contributed by atoms with van der Waals surface area (Å²) in [5.74, 6) is 0. The second kappa shape index (κ2) is 6.39. The van der Waals surface area contributed by atoms with Crippen LogP contribution in [-0.4, -0.2) is 35.0 Å². The SMILES string of the molecule is O=c1c(Cl)c(N2CC3CCC(C2)N3)cnn1Cc1ccccc1Cl. The van der Waals surface area contributed by atoms with E-state index in [9.17, 15) is 4.79 Å². The number of piperazine rings is 1. The maximum atomic E-state index is 12.6. The van der Waals surface area contributed by atoms with Crippen molar-refractivity contribution in [3.05, 3.63) is 56.4 Å². The molecule has 2 atom stereocenters. The molecule has 126 valence electrons. The third-order valence-electron chi connectivity index (χ3n) is 4.80. The van der Waals surface area contributed by atoms with E-state index in [-0.39, 0.29) is 10.6 Å². The summed E-state index contributed by atoms with van der Waals surface area (Å²) in [5.41, 5.74) is 1.30. The Hall–Kier alpha value is -1.56. The standard InChI is InChI=1S/C17H18Cl2N4O/c18-14-4-2-1-3-11(14)8-23-17(24)16(19)15(7-20-23)22-9-12-5-6-13(10-22)21-12/h1-4,7,12-13,21H,5-6,8-10H2. The van der Waals surface area contributed by atoms with Crippen molar-refractivity contribution in [1.82, 2.24) is 15.1 Å². The molecule has 0 aliphatic carbocycles. The number of benzene rings is 1. The zero-order chi connectivity index (χ0) is 16.7. The number of anilines is 1. The van der Waals surface area contributed by atoms with E-state index in [0.29, 0.717) is 23.7 Å². The molecule has 4 rings (SSSR count). The first-order valence-corrected chi connectivity index (χ1v) is 8.87. The quantitative estimate of drug-likeness (QED) is 0.908. The molecule has 2 unspecified atom stereocenters. The summed E-state index contributed by atoms with van der Waals surface area (Å²) in [5, 5.41) is 8.74. The smallest absolute Gasteiger partial charge is 0.287 e. The van der Waals surface area contributed by atoms with E-state index in [2.05, 4.69) is 15.3 Å². The normalized spacial score (nSPS) is 22.8. The van der Waals surface area contributed by atoms with Gasteiger partial charge < -0.3 is 10.2 Å². The van der Waals surface area contributed by atoms with Gasteiger partial charge in [0.2, 0.25) is 0 Å². The van der Waals surface area contributed by atoms with Crippen LogP contribution in [0.1, 0.15) is 18.4 Å². The summed E-state index contributed by atoms with van der Waals surface area (Å²) in [7, 11) is 0. The van der Waals surface area contributed by atoms with Crippen LogP contribution < -0.4 is 15.8 Å². The molecule has 0 radical (unpaired) electrons. The van der Waals surface area contributed by atoms with Gasteiger partial charge >= 0.3 is 0 Å². The van der Waals surface area contributed by atoms with Gasteiger partial charge in [0.25, 0.3) is 5.56 Å². The van der Waals surface area contributed by atoms with Crippen molar-refractivity contribution in [2.75, 3.05) is 18.0 Å². The van der Waals surface area contributed by atoms with Crippen molar-refractivity contribution in [1.29, 1.82) is 0 Å². The summed E-state index contributed by atoms with van der Waals surface area (Å²) < 4.78 is 1.36. The fraction of sp³-hybridized carbons (Fsp3) is 0.412. The Bertz CT molecular complexity index is 810. The Labute approximate surface area is 150 Å². The maximum absolute atomic E-state index is 12.6. The van der Waals surface area contributed by atoms with Crippen LogP contribution in [0.2, 0.25) is 10.0 Å². The van der Waals surface area contributed by atoms with Gasteiger partial charge in [0.15, 0.2) is 0 Å². The molecule has 2 aliphatic heterocycles. The Morgan fingerprint density at radius 2 is 1.88 bits per heavy atom. The molecule has 1 aromatic carbocycles. The minimum atomic E-state index is -0.278. The summed E-state index contributed by atoms with van der Waals surface area (Å²) in [4.78, 5) is 14.8. The Morgan fingerprint density at radius 1 is 1.17 bits per heavy atom. The van der Waals surface area contributed by atoms with E-state index in [1.54, 1.807) is 12.3 Å². The van der Waals surface area contributed by atoms with Crippen molar-refractivity contribution in [2.45, 2.75) is 31.5 Å². The van der Waals surface area contributed by atoms with Gasteiger partial charge in [-0.2, -0.15) is 5.10 Å². The van der Waals surface area contributed by atoms with E-state index >= 15 is 0 Å². The third-order valence-corrected chi connectivity index (χ3v) is 5.53. The van der Waals surface area contributed by atoms with Crippen LogP contribution in [0.4, 0.5) is 5.69 Å². The Morgan fingerprint density at radius 3 is 2.58 bits per heavy atom. The van der Waals surface area contributed by atoms with Crippen LogP contribution >= 0.6 is 23.2 Å². The average Bonchev–Trinajstić information content (AvgIpc) is 2.92. The van der Waals surface area contributed by atoms with E-state index in [4.69, 9.17) is 23.2 Å². The average molecular weight is 365 g/mol. The Balaban J connectivity index is 1.62. The molecule has 2 aliphatic rings. The largest absolute Gasteiger partial charge is 0.366 e. The van der Waals surface area contributed by atoms with E-state index in [0.717, 1.165) is 24.3 Å². The van der Waals surface area contributed by atoms with Gasteiger partial charge in [-0.05, 0) is 24.5 Å². The van der Waals surface area contributed by atoms with Gasteiger partial charge in [-0.15, -0.1) is 0 Å². The molecule has 2 aromatic rings. The summed E-state index contributed by atoms with van der Waals surface area (Å²) in [6.07, 6.45) is 4.05. The van der Waals surface area contributed by atoms with Gasteiger partial charge in [-0.3, -0.25) is 4.79 Å². The highest BCUT2D eigenvalue weighted by Gasteiger charge is 2.33. The van der Waals surface area contributed by atoms with Gasteiger partial charge in [0, 0.05) is 30.2 Å². The van der Waals surface area contributed by atoms with Crippen LogP contribution in [0, 0.1) is 0 Å². The predicted molar refractivity (Wildman–Crippen MR) is 96.2 cm³/mol. The molecule has 0 saturated carbocycles. The zero-order valence-corrected chi connectivity index (χ0v) is 14.6. The molecule has 2 fully saturated rings. The number of fused-ring (bicyclic) bond motifs is 2. The molecule has 0 amide bonds. The van der Waals surface area contributed by atoms with E-state index in [1.165, 1.54) is 17.5 Å². The van der Waals surface area contributed by atoms with Gasteiger partial charge in [-0.1, -0.05) is 41.4 Å². The second-order valence-electron chi connectivity index (χ2n) is 6.44. The number of rotatable bonds is 3. The minimum Gasteiger partial charge on any atom is -0.366 e. The molecular formula is C17H18Cl2N4O. The molecule has 24 heavy (non-hydrogen) atoms. The van der Waals surface area contributed by atoms with Crippen molar-refractivity contribution in [3.8, 4) is 0 Å². The first kappa shape index (κ1) is 15.9. The van der Waals surface area contributed by atoms with Crippen LogP contribution in [0.15, 0.2) is 35.3 Å². The fourth-order valence-electron chi connectivity index (χ4n) is 3.57. The van der Waals surface area contributed by atoms with Gasteiger partial charge in [0.05, 0.1) is 18.4 Å². The summed E-state index contributed by atoms with van der Waals surface area (Å²) in [6.45, 7) is 2.04. The van der Waals surface area contributed by atoms with Gasteiger partial charge in [0.1, 0.15) is 5.02 Å². The lowest BCUT2D eigenvalue weighted by molar-refractivity contribution is 0.464. The first-order chi connectivity index (χ1) is 11.6. The molecular weight excluding hydrogens is 347 g/mol. The van der Waals surface area contributed by atoms with E-state index in [1.807, 2.05) is 18.2 Å². The van der Waals surface area contributed by atoms with Crippen LogP contribution in [0.5, 0.6) is 0 Å². The van der Waals surface area contributed by atoms with Crippen molar-refractivity contribution in [3.63, 3.8) is 0 Å². The van der Waals surface area contributed by atoms with Crippen LogP contribution in [0.3, 0.4) is 0 Å². The highest BCUT2D eigenvalue weighted by Crippen LogP contribution is 2.28. The minimum absolute atomic E-state index is 0.235. The lowest BCUT2D eigenvalue weighted by Gasteiger charge is -2.34. The molecule has 0 spiro atoms. The fourth-order valence-corrected chi connectivity index (χ4v) is 4.03. The predicted octanol–water partition coefficient (Wildman–Crippen LogP) is 2.54. The van der Waals surface area contributed by atoms with Crippen molar-refractivity contribution >= 4 is 28.9 Å². The zero-order valence-electron chi connectivity index (χ0n) is 13.1. The Kier molecular flexibility index (Phi) is 4.24. The number of aromatic nitrogens is 2. The highest BCUT2D eigenvalue weighted by molar-refractivity contribution is 6.33. The molecule has 5 nitrogen and oxygen atoms in total. The molecule has 1 N–H and O–H groups in total. The van der Waals surface area contributed by atoms with Crippen LogP contribution in [-0.2, 0) is 6.54 Å². The number of hydrogen-bond acceptors (Lipinski definition) is 4. The topological polar surface area (TPSA) is 50.2 Å². The third kappa shape index (κ3) is 2.92. The van der Waals surface area contributed by atoms with Crippen LogP contribution in [0.25, 0.3) is 0 Å². The summed E-state index contributed by atoms with van der Waals surface area (Å²) in [6, 6.07) is 8.38. The monoisotopic (exact) mass is 364 g/mol. The van der Waals surface area contributed by atoms with E-state index < -0.39 is 0 Å². The second-order valence-corrected chi connectivity index (χ2v) is 7.23. The maximum Gasteiger partial charge on any atom is 0.287 e. The molecule has 1 aromatic heterocycles. The lowest BCUT2D eigenvalue weighted by atomic mass is 10.2. The highest BCUT2D eigenvalue weighted by atomic mass is 35.5. The number of hydrogen-bond donors (Lipinski definition) is 1. The molecule has 2 saturated heterocycles. The first-order valence-electron chi connectivity index (χ1n) is 8.12. The van der Waals surface area contributed by atoms with Crippen molar-refractivity contribution < 1.29 is 0 Å².